The zero-order chi connectivity index (χ0) is 15.6. The zero-order valence-corrected chi connectivity index (χ0v) is 13.4. The predicted molar refractivity (Wildman–Crippen MR) is 96.0 cm³/mol. The summed E-state index contributed by atoms with van der Waals surface area (Å²) in [7, 11) is 0. The summed E-state index contributed by atoms with van der Waals surface area (Å²) in [6.07, 6.45) is 5.69. The highest BCUT2D eigenvalue weighted by Crippen LogP contribution is 2.34. The average molecular weight is 323 g/mol. The van der Waals surface area contributed by atoms with Crippen molar-refractivity contribution in [2.24, 2.45) is 5.73 Å². The molecule has 5 nitrogen and oxygen atoms in total. The molecule has 1 aliphatic heterocycles. The van der Waals surface area contributed by atoms with Crippen molar-refractivity contribution in [1.82, 2.24) is 15.0 Å². The Balaban J connectivity index is 1.71. The number of anilines is 1. The number of H-pyrrole nitrogens is 1. The van der Waals surface area contributed by atoms with Gasteiger partial charge in [-0.1, -0.05) is 24.3 Å². The van der Waals surface area contributed by atoms with Crippen LogP contribution in [0, 0.1) is 0 Å². The van der Waals surface area contributed by atoms with Gasteiger partial charge < -0.3 is 15.6 Å². The maximum absolute atomic E-state index is 5.67. The van der Waals surface area contributed by atoms with Crippen molar-refractivity contribution in [3.05, 3.63) is 60.2 Å². The zero-order valence-electron chi connectivity index (χ0n) is 12.6. The molecule has 6 heteroatoms. The van der Waals surface area contributed by atoms with Gasteiger partial charge in [-0.25, -0.2) is 9.97 Å². The van der Waals surface area contributed by atoms with Gasteiger partial charge in [-0.3, -0.25) is 0 Å². The van der Waals surface area contributed by atoms with E-state index < -0.39 is 0 Å². The molecular formula is C17H17N5S. The number of nitrogens with one attached hydrogen (secondary N) is 1. The highest BCUT2D eigenvalue weighted by Gasteiger charge is 2.17. The van der Waals surface area contributed by atoms with Crippen LogP contribution in [0.3, 0.4) is 0 Å². The molecule has 116 valence electrons. The van der Waals surface area contributed by atoms with E-state index in [0.29, 0.717) is 6.54 Å². The molecule has 0 bridgehead atoms. The van der Waals surface area contributed by atoms with Crippen LogP contribution in [-0.2, 0) is 6.54 Å². The third-order valence-corrected chi connectivity index (χ3v) is 4.98. The monoisotopic (exact) mass is 323 g/mol. The molecule has 0 unspecified atom stereocenters. The van der Waals surface area contributed by atoms with Gasteiger partial charge >= 0.3 is 0 Å². The normalized spacial score (nSPS) is 15.0. The number of thioether (sulfide) groups is 1. The molecule has 1 aromatic carbocycles. The molecule has 0 fully saturated rings. The lowest BCUT2D eigenvalue weighted by Crippen LogP contribution is -2.24. The van der Waals surface area contributed by atoms with Gasteiger partial charge in [0.25, 0.3) is 0 Å². The summed E-state index contributed by atoms with van der Waals surface area (Å²) in [6.45, 7) is 1.51. The van der Waals surface area contributed by atoms with Gasteiger partial charge in [0.05, 0.1) is 5.39 Å². The van der Waals surface area contributed by atoms with E-state index in [1.165, 1.54) is 10.5 Å². The highest BCUT2D eigenvalue weighted by atomic mass is 32.2. The van der Waals surface area contributed by atoms with E-state index in [2.05, 4.69) is 50.3 Å². The molecule has 0 amide bonds. The summed E-state index contributed by atoms with van der Waals surface area (Å²) in [6, 6.07) is 10.5. The van der Waals surface area contributed by atoms with E-state index in [1.54, 1.807) is 6.33 Å². The number of nitrogens with zero attached hydrogens (tertiary/aromatic N) is 3. The van der Waals surface area contributed by atoms with E-state index in [-0.39, 0.29) is 0 Å². The van der Waals surface area contributed by atoms with Crippen molar-refractivity contribution >= 4 is 33.5 Å². The molecule has 4 rings (SSSR count). The fourth-order valence-electron chi connectivity index (χ4n) is 2.71. The summed E-state index contributed by atoms with van der Waals surface area (Å²) in [5, 5.41) is 1.05. The topological polar surface area (TPSA) is 70.8 Å². The summed E-state index contributed by atoms with van der Waals surface area (Å²) in [5.74, 6) is 1.98. The number of hydrogen-bond donors (Lipinski definition) is 2. The molecule has 3 N–H and O–H groups in total. The molecule has 0 spiro atoms. The Morgan fingerprint density at radius 2 is 2.04 bits per heavy atom. The number of aromatic nitrogens is 3. The fourth-order valence-corrected chi connectivity index (χ4v) is 3.73. The molecule has 0 radical (unpaired) electrons. The van der Waals surface area contributed by atoms with Crippen LogP contribution in [0.25, 0.3) is 15.9 Å². The van der Waals surface area contributed by atoms with E-state index in [4.69, 9.17) is 5.73 Å². The van der Waals surface area contributed by atoms with E-state index in [1.807, 2.05) is 24.0 Å². The van der Waals surface area contributed by atoms with E-state index in [9.17, 15) is 0 Å². The Hall–Kier alpha value is -2.31. The third-order valence-electron chi connectivity index (χ3n) is 3.94. The Labute approximate surface area is 138 Å². The van der Waals surface area contributed by atoms with Gasteiger partial charge in [0.2, 0.25) is 0 Å². The Bertz CT molecular complexity index is 853. The van der Waals surface area contributed by atoms with Crippen molar-refractivity contribution in [2.75, 3.05) is 17.2 Å². The largest absolute Gasteiger partial charge is 0.346 e. The minimum atomic E-state index is 0.574. The summed E-state index contributed by atoms with van der Waals surface area (Å²) >= 11 is 1.87. The number of benzene rings is 1. The Morgan fingerprint density at radius 1 is 1.17 bits per heavy atom. The lowest BCUT2D eigenvalue weighted by Gasteiger charge is -2.26. The summed E-state index contributed by atoms with van der Waals surface area (Å²) < 4.78 is 0. The molecule has 0 saturated heterocycles. The number of rotatable bonds is 3. The van der Waals surface area contributed by atoms with Crippen LogP contribution >= 0.6 is 11.8 Å². The van der Waals surface area contributed by atoms with Gasteiger partial charge in [0.1, 0.15) is 17.8 Å². The Kier molecular flexibility index (Phi) is 3.77. The quantitative estimate of drug-likeness (QED) is 0.775. The standard InChI is InChI=1S/C17H17N5S/c18-9-12-1-3-13(4-2-12)15-10-22(7-8-23-15)17-14-5-6-19-16(14)20-11-21-17/h1-6,10-11H,7-9,18H2,(H,19,20,21). The molecule has 3 heterocycles. The van der Waals surface area contributed by atoms with Crippen LogP contribution in [0.5, 0.6) is 0 Å². The van der Waals surface area contributed by atoms with Crippen molar-refractivity contribution in [2.45, 2.75) is 6.54 Å². The second-order valence-electron chi connectivity index (χ2n) is 5.37. The highest BCUT2D eigenvalue weighted by molar-refractivity contribution is 8.08. The number of aromatic amines is 1. The van der Waals surface area contributed by atoms with Crippen LogP contribution in [0.15, 0.2) is 49.1 Å². The maximum atomic E-state index is 5.67. The van der Waals surface area contributed by atoms with Crippen molar-refractivity contribution < 1.29 is 0 Å². The van der Waals surface area contributed by atoms with Gasteiger partial charge in [-0.2, -0.15) is 0 Å². The summed E-state index contributed by atoms with van der Waals surface area (Å²) in [5.41, 5.74) is 8.91. The van der Waals surface area contributed by atoms with Crippen LogP contribution in [-0.4, -0.2) is 27.2 Å². The van der Waals surface area contributed by atoms with Crippen LogP contribution < -0.4 is 10.6 Å². The first-order chi connectivity index (χ1) is 11.3. The summed E-state index contributed by atoms with van der Waals surface area (Å²) in [4.78, 5) is 15.3. The van der Waals surface area contributed by atoms with Gasteiger partial charge in [0, 0.05) is 36.1 Å². The van der Waals surface area contributed by atoms with Crippen molar-refractivity contribution in [1.29, 1.82) is 0 Å². The molecule has 0 atom stereocenters. The fraction of sp³-hybridized carbons (Fsp3) is 0.176. The maximum Gasteiger partial charge on any atom is 0.145 e. The lowest BCUT2D eigenvalue weighted by molar-refractivity contribution is 0.988. The molecule has 3 aromatic rings. The number of hydrogen-bond acceptors (Lipinski definition) is 5. The number of fused-ring (bicyclic) bond motifs is 1. The molecule has 2 aromatic heterocycles. The second kappa shape index (κ2) is 6.06. The van der Waals surface area contributed by atoms with Gasteiger partial charge in [-0.15, -0.1) is 11.8 Å². The third kappa shape index (κ3) is 2.71. The molecular weight excluding hydrogens is 306 g/mol. The van der Waals surface area contributed by atoms with Crippen LogP contribution in [0.1, 0.15) is 11.1 Å². The first-order valence-corrected chi connectivity index (χ1v) is 8.52. The molecule has 0 aliphatic carbocycles. The van der Waals surface area contributed by atoms with Crippen molar-refractivity contribution in [3.8, 4) is 0 Å². The van der Waals surface area contributed by atoms with Gasteiger partial charge in [0.15, 0.2) is 0 Å². The average Bonchev–Trinajstić information content (AvgIpc) is 3.10. The first kappa shape index (κ1) is 14.3. The van der Waals surface area contributed by atoms with Crippen LogP contribution in [0.2, 0.25) is 0 Å². The molecule has 0 saturated carbocycles. The molecule has 1 aliphatic rings. The lowest BCUT2D eigenvalue weighted by atomic mass is 10.1. The smallest absolute Gasteiger partial charge is 0.145 e. The van der Waals surface area contributed by atoms with Gasteiger partial charge in [-0.05, 0) is 17.2 Å². The second-order valence-corrected chi connectivity index (χ2v) is 6.51. The predicted octanol–water partition coefficient (Wildman–Crippen LogP) is 2.97. The van der Waals surface area contributed by atoms with E-state index in [0.717, 1.165) is 34.7 Å². The number of nitrogens with two attached hydrogens (primary N) is 1. The van der Waals surface area contributed by atoms with Crippen LogP contribution in [0.4, 0.5) is 5.82 Å². The minimum absolute atomic E-state index is 0.574. The van der Waals surface area contributed by atoms with Crippen molar-refractivity contribution in [3.63, 3.8) is 0 Å². The van der Waals surface area contributed by atoms with E-state index >= 15 is 0 Å². The Morgan fingerprint density at radius 3 is 2.87 bits per heavy atom. The minimum Gasteiger partial charge on any atom is -0.346 e. The SMILES string of the molecule is NCc1ccc(C2=CN(c3ncnc4[nH]ccc34)CCS2)cc1. The first-order valence-electron chi connectivity index (χ1n) is 7.54. The molecule has 23 heavy (non-hydrogen) atoms.